The molecule has 0 radical (unpaired) electrons. The van der Waals surface area contributed by atoms with E-state index < -0.39 is 5.97 Å². The zero-order valence-corrected chi connectivity index (χ0v) is 5.58. The zero-order chi connectivity index (χ0) is 7.40. The van der Waals surface area contributed by atoms with Crippen LogP contribution in [0.2, 0.25) is 0 Å². The van der Waals surface area contributed by atoms with Gasteiger partial charge in [-0.05, 0) is 12.8 Å². The molecule has 1 saturated heterocycles. The maximum atomic E-state index is 10.1. The van der Waals surface area contributed by atoms with Crippen molar-refractivity contribution in [3.63, 3.8) is 0 Å². The second-order valence-electron chi connectivity index (χ2n) is 2.28. The van der Waals surface area contributed by atoms with Crippen molar-refractivity contribution >= 4 is 5.97 Å². The first-order chi connectivity index (χ1) is 4.79. The van der Waals surface area contributed by atoms with Crippen molar-refractivity contribution in [2.24, 2.45) is 0 Å². The van der Waals surface area contributed by atoms with Gasteiger partial charge in [-0.25, -0.2) is 9.78 Å². The molecule has 1 atom stereocenters. The molecule has 4 nitrogen and oxygen atoms in total. The first-order valence-corrected chi connectivity index (χ1v) is 3.29. The van der Waals surface area contributed by atoms with Crippen LogP contribution in [0.1, 0.15) is 19.3 Å². The molecule has 1 heterocycles. The van der Waals surface area contributed by atoms with Crippen molar-refractivity contribution in [3.8, 4) is 0 Å². The highest BCUT2D eigenvalue weighted by molar-refractivity contribution is 5.67. The summed E-state index contributed by atoms with van der Waals surface area (Å²) >= 11 is 0. The summed E-state index contributed by atoms with van der Waals surface area (Å²) in [6, 6.07) is 0. The SMILES string of the molecule is O=C(O)CC1CCCOO1. The molecular weight excluding hydrogens is 136 g/mol. The third-order valence-electron chi connectivity index (χ3n) is 1.36. The van der Waals surface area contributed by atoms with Gasteiger partial charge >= 0.3 is 5.97 Å². The van der Waals surface area contributed by atoms with Crippen molar-refractivity contribution in [2.45, 2.75) is 25.4 Å². The molecule has 1 rings (SSSR count). The fourth-order valence-corrected chi connectivity index (χ4v) is 0.893. The molecule has 1 aliphatic rings. The number of rotatable bonds is 2. The van der Waals surface area contributed by atoms with Crippen LogP contribution in [0.25, 0.3) is 0 Å². The second kappa shape index (κ2) is 3.53. The maximum Gasteiger partial charge on any atom is 0.306 e. The van der Waals surface area contributed by atoms with Crippen LogP contribution < -0.4 is 0 Å². The molecule has 0 bridgehead atoms. The Balaban J connectivity index is 2.19. The van der Waals surface area contributed by atoms with Gasteiger partial charge in [0.2, 0.25) is 0 Å². The molecule has 4 heteroatoms. The lowest BCUT2D eigenvalue weighted by Gasteiger charge is -2.18. The van der Waals surface area contributed by atoms with E-state index >= 15 is 0 Å². The van der Waals surface area contributed by atoms with Gasteiger partial charge in [-0.1, -0.05) is 0 Å². The minimum absolute atomic E-state index is 0.0417. The van der Waals surface area contributed by atoms with Gasteiger partial charge in [0.25, 0.3) is 0 Å². The first kappa shape index (κ1) is 7.50. The summed E-state index contributed by atoms with van der Waals surface area (Å²) in [4.78, 5) is 19.5. The van der Waals surface area contributed by atoms with Gasteiger partial charge in [0.05, 0.1) is 13.0 Å². The Labute approximate surface area is 58.7 Å². The van der Waals surface area contributed by atoms with Crippen molar-refractivity contribution in [2.75, 3.05) is 6.61 Å². The van der Waals surface area contributed by atoms with Gasteiger partial charge in [-0.3, -0.25) is 4.79 Å². The fraction of sp³-hybridized carbons (Fsp3) is 0.833. The van der Waals surface area contributed by atoms with E-state index in [0.717, 1.165) is 12.8 Å². The van der Waals surface area contributed by atoms with Crippen molar-refractivity contribution in [1.29, 1.82) is 0 Å². The number of carbonyl (C=O) groups is 1. The molecule has 0 aromatic carbocycles. The number of aliphatic carboxylic acids is 1. The molecule has 0 saturated carbocycles. The molecule has 58 valence electrons. The Morgan fingerprint density at radius 2 is 2.50 bits per heavy atom. The van der Waals surface area contributed by atoms with Gasteiger partial charge < -0.3 is 5.11 Å². The van der Waals surface area contributed by atoms with E-state index in [1.807, 2.05) is 0 Å². The second-order valence-corrected chi connectivity index (χ2v) is 2.28. The molecule has 0 aromatic heterocycles. The first-order valence-electron chi connectivity index (χ1n) is 3.29. The molecule has 1 aliphatic heterocycles. The molecule has 0 aromatic rings. The van der Waals surface area contributed by atoms with Crippen LogP contribution in [-0.2, 0) is 14.6 Å². The van der Waals surface area contributed by atoms with Gasteiger partial charge in [0.15, 0.2) is 0 Å². The normalized spacial score (nSPS) is 26.2. The highest BCUT2D eigenvalue weighted by Crippen LogP contribution is 2.12. The Morgan fingerprint density at radius 1 is 1.70 bits per heavy atom. The summed E-state index contributed by atoms with van der Waals surface area (Å²) in [5.74, 6) is -0.837. The average molecular weight is 146 g/mol. The average Bonchev–Trinajstić information content (AvgIpc) is 1.88. The van der Waals surface area contributed by atoms with Crippen LogP contribution in [0, 0.1) is 0 Å². The predicted octanol–water partition coefficient (Wildman–Crippen LogP) is 0.572. The van der Waals surface area contributed by atoms with Crippen LogP contribution in [0.5, 0.6) is 0 Å². The third-order valence-corrected chi connectivity index (χ3v) is 1.36. The number of hydrogen-bond acceptors (Lipinski definition) is 3. The van der Waals surface area contributed by atoms with Crippen LogP contribution >= 0.6 is 0 Å². The van der Waals surface area contributed by atoms with Crippen LogP contribution in [0.3, 0.4) is 0 Å². The monoisotopic (exact) mass is 146 g/mol. The van der Waals surface area contributed by atoms with Crippen LogP contribution in [-0.4, -0.2) is 23.8 Å². The number of carboxylic acids is 1. The molecule has 0 amide bonds. The summed E-state index contributed by atoms with van der Waals surface area (Å²) in [5.41, 5.74) is 0. The summed E-state index contributed by atoms with van der Waals surface area (Å²) < 4.78 is 0. The molecule has 1 fully saturated rings. The highest BCUT2D eigenvalue weighted by Gasteiger charge is 2.17. The largest absolute Gasteiger partial charge is 0.481 e. The molecule has 0 spiro atoms. The topological polar surface area (TPSA) is 55.8 Å². The zero-order valence-electron chi connectivity index (χ0n) is 5.58. The molecule has 1 N–H and O–H groups in total. The van der Waals surface area contributed by atoms with E-state index in [-0.39, 0.29) is 12.5 Å². The quantitative estimate of drug-likeness (QED) is 0.578. The number of hydrogen-bond donors (Lipinski definition) is 1. The predicted molar refractivity (Wildman–Crippen MR) is 32.3 cm³/mol. The van der Waals surface area contributed by atoms with E-state index in [1.165, 1.54) is 0 Å². The lowest BCUT2D eigenvalue weighted by atomic mass is 10.1. The van der Waals surface area contributed by atoms with E-state index in [1.54, 1.807) is 0 Å². The van der Waals surface area contributed by atoms with Crippen LogP contribution in [0.4, 0.5) is 0 Å². The van der Waals surface area contributed by atoms with Crippen molar-refractivity contribution < 1.29 is 19.7 Å². The Kier molecular flexibility index (Phi) is 2.65. The summed E-state index contributed by atoms with van der Waals surface area (Å²) in [6.07, 6.45) is 1.47. The Morgan fingerprint density at radius 3 is 3.00 bits per heavy atom. The Bertz CT molecular complexity index is 117. The van der Waals surface area contributed by atoms with E-state index in [9.17, 15) is 4.79 Å². The van der Waals surface area contributed by atoms with E-state index in [2.05, 4.69) is 4.89 Å². The molecular formula is C6H10O4. The lowest BCUT2D eigenvalue weighted by Crippen LogP contribution is -2.22. The standard InChI is InChI=1S/C6H10O4/c7-6(8)4-5-2-1-3-9-10-5/h5H,1-4H2,(H,7,8). The van der Waals surface area contributed by atoms with Crippen molar-refractivity contribution in [3.05, 3.63) is 0 Å². The maximum absolute atomic E-state index is 10.1. The molecule has 1 unspecified atom stereocenters. The van der Waals surface area contributed by atoms with E-state index in [0.29, 0.717) is 6.61 Å². The van der Waals surface area contributed by atoms with Gasteiger partial charge in [-0.15, -0.1) is 0 Å². The number of carboxylic acid groups (broad SMARTS) is 1. The minimum Gasteiger partial charge on any atom is -0.481 e. The van der Waals surface area contributed by atoms with Gasteiger partial charge in [0.1, 0.15) is 6.10 Å². The molecule has 10 heavy (non-hydrogen) atoms. The van der Waals surface area contributed by atoms with Gasteiger partial charge in [-0.2, -0.15) is 0 Å². The lowest BCUT2D eigenvalue weighted by molar-refractivity contribution is -0.344. The van der Waals surface area contributed by atoms with Crippen molar-refractivity contribution in [1.82, 2.24) is 0 Å². The summed E-state index contributed by atoms with van der Waals surface area (Å²) in [7, 11) is 0. The summed E-state index contributed by atoms with van der Waals surface area (Å²) in [5, 5.41) is 8.33. The minimum atomic E-state index is -0.837. The Hall–Kier alpha value is -0.610. The fourth-order valence-electron chi connectivity index (χ4n) is 0.893. The van der Waals surface area contributed by atoms with Crippen LogP contribution in [0.15, 0.2) is 0 Å². The smallest absolute Gasteiger partial charge is 0.306 e. The van der Waals surface area contributed by atoms with E-state index in [4.69, 9.17) is 9.99 Å². The molecule has 0 aliphatic carbocycles. The highest BCUT2D eigenvalue weighted by atomic mass is 17.2. The third kappa shape index (κ3) is 2.33. The summed E-state index contributed by atoms with van der Waals surface area (Å²) in [6.45, 7) is 0.579. The van der Waals surface area contributed by atoms with Gasteiger partial charge in [0, 0.05) is 0 Å².